The highest BCUT2D eigenvalue weighted by Crippen LogP contribution is 2.48. The monoisotopic (exact) mass is 757 g/mol. The number of fused-ring (bicyclic) bond motifs is 3. The van der Waals surface area contributed by atoms with Gasteiger partial charge in [0.15, 0.2) is 6.23 Å². The topological polar surface area (TPSA) is 132 Å². The van der Waals surface area contributed by atoms with Gasteiger partial charge in [0.1, 0.15) is 6.61 Å². The summed E-state index contributed by atoms with van der Waals surface area (Å²) in [5.74, 6) is -1.35. The first kappa shape index (κ1) is 44.1. The molecule has 0 saturated carbocycles. The molecular formula is C41H63NO10Si. The van der Waals surface area contributed by atoms with Crippen LogP contribution < -0.4 is 0 Å². The molecule has 53 heavy (non-hydrogen) atoms. The minimum Gasteiger partial charge on any atom is -0.465 e. The van der Waals surface area contributed by atoms with Crippen LogP contribution in [0, 0.1) is 16.2 Å². The standard InChI is InChI=1S/C41H63NO10Si/c1-10-15-25-47-37(45)40(8,11-2)29-41(9,38(46)49-30-53(50-12-3,51-13-4)52-14-5)28-31(27-39(6,7)36(44)48-26-24-43)42-34-22-18-16-20-32(34)33-21-17-19-23-35(33)42/h16-23,31,43H,10-15,24-30H2,1-9H3. The zero-order valence-corrected chi connectivity index (χ0v) is 34.5. The summed E-state index contributed by atoms with van der Waals surface area (Å²) in [6, 6.07) is 15.7. The number of hydrogen-bond donors (Lipinski definition) is 1. The maximum absolute atomic E-state index is 14.8. The molecule has 296 valence electrons. The maximum Gasteiger partial charge on any atom is 0.540 e. The minimum absolute atomic E-state index is 0.119. The van der Waals surface area contributed by atoms with Crippen LogP contribution >= 0.6 is 0 Å². The fourth-order valence-corrected chi connectivity index (χ4v) is 9.41. The van der Waals surface area contributed by atoms with E-state index in [4.69, 9.17) is 27.5 Å². The third-order valence-electron chi connectivity index (χ3n) is 10.0. The minimum atomic E-state index is -3.40. The molecule has 0 aliphatic carbocycles. The smallest absolute Gasteiger partial charge is 0.465 e. The second kappa shape index (κ2) is 19.9. The van der Waals surface area contributed by atoms with Crippen molar-refractivity contribution in [3.63, 3.8) is 0 Å². The number of ether oxygens (including phenoxy) is 3. The SMILES string of the molecule is CCCCOC(=O)C(C)(CC)CC(C)(CC(CC(C)(C)C(=O)OCCO)n1c2ccccc2c2ccccc21)C(=O)OC[Si](OCC)(OCC)OCC. The summed E-state index contributed by atoms with van der Waals surface area (Å²) < 4.78 is 37.7. The average Bonchev–Trinajstić information content (AvgIpc) is 3.47. The Balaban J connectivity index is 2.24. The Morgan fingerprint density at radius 2 is 1.21 bits per heavy atom. The van der Waals surface area contributed by atoms with Gasteiger partial charge in [-0.1, -0.05) is 56.7 Å². The maximum atomic E-state index is 14.8. The number of esters is 3. The molecule has 0 spiro atoms. The van der Waals surface area contributed by atoms with Crippen LogP contribution in [0.5, 0.6) is 0 Å². The molecule has 0 saturated heterocycles. The number of aliphatic hydroxyl groups is 1. The van der Waals surface area contributed by atoms with Crippen LogP contribution in [0.25, 0.3) is 21.8 Å². The molecule has 3 atom stereocenters. The number of nitrogens with zero attached hydrogens (tertiary/aromatic N) is 1. The highest BCUT2D eigenvalue weighted by atomic mass is 28.4. The van der Waals surface area contributed by atoms with E-state index in [0.717, 1.165) is 34.6 Å². The van der Waals surface area contributed by atoms with Crippen LogP contribution in [0.4, 0.5) is 0 Å². The average molecular weight is 758 g/mol. The lowest BCUT2D eigenvalue weighted by atomic mass is 9.67. The second-order valence-corrected chi connectivity index (χ2v) is 17.4. The van der Waals surface area contributed by atoms with Crippen molar-refractivity contribution < 1.29 is 47.0 Å². The third-order valence-corrected chi connectivity index (χ3v) is 12.7. The molecule has 3 unspecified atom stereocenters. The van der Waals surface area contributed by atoms with Crippen LogP contribution in [0.3, 0.4) is 0 Å². The molecule has 2 aromatic carbocycles. The zero-order chi connectivity index (χ0) is 39.3. The molecule has 0 fully saturated rings. The molecule has 3 aromatic rings. The van der Waals surface area contributed by atoms with Gasteiger partial charge in [-0.05, 0) is 92.7 Å². The Hall–Kier alpha value is -3.29. The number of hydrogen-bond acceptors (Lipinski definition) is 10. The van der Waals surface area contributed by atoms with E-state index in [1.54, 1.807) is 0 Å². The number of carbonyl (C=O) groups is 3. The van der Waals surface area contributed by atoms with Gasteiger partial charge in [-0.3, -0.25) is 14.4 Å². The number of carbonyl (C=O) groups excluding carboxylic acids is 3. The fraction of sp³-hybridized carbons (Fsp3) is 0.634. The van der Waals surface area contributed by atoms with Gasteiger partial charge in [-0.15, -0.1) is 0 Å². The summed E-state index contributed by atoms with van der Waals surface area (Å²) in [4.78, 5) is 42.1. The van der Waals surface area contributed by atoms with Gasteiger partial charge in [0.25, 0.3) is 0 Å². The molecule has 3 rings (SSSR count). The van der Waals surface area contributed by atoms with Crippen LogP contribution in [0.15, 0.2) is 48.5 Å². The summed E-state index contributed by atoms with van der Waals surface area (Å²) in [5.41, 5.74) is -1.44. The first-order chi connectivity index (χ1) is 25.2. The fourth-order valence-electron chi connectivity index (χ4n) is 7.28. The summed E-state index contributed by atoms with van der Waals surface area (Å²) >= 11 is 0. The first-order valence-corrected chi connectivity index (χ1v) is 21.2. The van der Waals surface area contributed by atoms with Crippen LogP contribution in [-0.4, -0.2) is 82.3 Å². The Morgan fingerprint density at radius 1 is 0.698 bits per heavy atom. The van der Waals surface area contributed by atoms with Crippen molar-refractivity contribution in [3.8, 4) is 0 Å². The highest BCUT2D eigenvalue weighted by molar-refractivity contribution is 6.60. The predicted molar refractivity (Wildman–Crippen MR) is 208 cm³/mol. The van der Waals surface area contributed by atoms with Gasteiger partial charge in [0, 0.05) is 47.7 Å². The van der Waals surface area contributed by atoms with E-state index in [0.29, 0.717) is 32.8 Å². The lowest BCUT2D eigenvalue weighted by Crippen LogP contribution is -2.52. The van der Waals surface area contributed by atoms with Crippen molar-refractivity contribution in [2.24, 2.45) is 16.2 Å². The summed E-state index contributed by atoms with van der Waals surface area (Å²) in [7, 11) is -3.40. The number of rotatable bonds is 24. The van der Waals surface area contributed by atoms with Gasteiger partial charge < -0.3 is 37.2 Å². The number of aliphatic hydroxyl groups excluding tert-OH is 1. The van der Waals surface area contributed by atoms with Gasteiger partial charge in [0.05, 0.1) is 29.5 Å². The number of para-hydroxylation sites is 2. The number of benzene rings is 2. The Morgan fingerprint density at radius 3 is 1.70 bits per heavy atom. The van der Waals surface area contributed by atoms with E-state index >= 15 is 0 Å². The quantitative estimate of drug-likeness (QED) is 0.0416. The van der Waals surface area contributed by atoms with Gasteiger partial charge in [-0.25, -0.2) is 0 Å². The molecule has 11 nitrogen and oxygen atoms in total. The zero-order valence-electron chi connectivity index (χ0n) is 33.5. The van der Waals surface area contributed by atoms with Crippen molar-refractivity contribution in [2.75, 3.05) is 45.9 Å². The lowest BCUT2D eigenvalue weighted by Gasteiger charge is -2.40. The lowest BCUT2D eigenvalue weighted by molar-refractivity contribution is -0.165. The first-order valence-electron chi connectivity index (χ1n) is 19.2. The molecule has 0 radical (unpaired) electrons. The summed E-state index contributed by atoms with van der Waals surface area (Å²) in [6.45, 7) is 17.6. The molecule has 1 heterocycles. The molecule has 0 aliphatic rings. The Kier molecular flexibility index (Phi) is 16.5. The number of aromatic nitrogens is 1. The molecule has 0 bridgehead atoms. The normalized spacial score (nSPS) is 15.1. The second-order valence-electron chi connectivity index (χ2n) is 14.9. The molecular weight excluding hydrogens is 695 g/mol. The van der Waals surface area contributed by atoms with E-state index in [1.165, 1.54) is 0 Å². The highest BCUT2D eigenvalue weighted by Gasteiger charge is 2.50. The van der Waals surface area contributed by atoms with Gasteiger partial charge in [-0.2, -0.15) is 0 Å². The molecule has 0 aliphatic heterocycles. The van der Waals surface area contributed by atoms with Crippen molar-refractivity contribution >= 4 is 48.5 Å². The van der Waals surface area contributed by atoms with Gasteiger partial charge in [0.2, 0.25) is 0 Å². The van der Waals surface area contributed by atoms with Crippen LogP contribution in [0.1, 0.15) is 107 Å². The predicted octanol–water partition coefficient (Wildman–Crippen LogP) is 7.96. The van der Waals surface area contributed by atoms with E-state index in [2.05, 4.69) is 16.7 Å². The van der Waals surface area contributed by atoms with E-state index in [-0.39, 0.29) is 44.7 Å². The van der Waals surface area contributed by atoms with E-state index in [1.807, 2.05) is 98.7 Å². The third kappa shape index (κ3) is 10.9. The van der Waals surface area contributed by atoms with Gasteiger partial charge >= 0.3 is 26.7 Å². The largest absolute Gasteiger partial charge is 0.540 e. The van der Waals surface area contributed by atoms with E-state index < -0.39 is 43.0 Å². The van der Waals surface area contributed by atoms with E-state index in [9.17, 15) is 19.5 Å². The summed E-state index contributed by atoms with van der Waals surface area (Å²) in [5, 5.41) is 11.5. The van der Waals surface area contributed by atoms with Crippen molar-refractivity contribution in [2.45, 2.75) is 107 Å². The summed E-state index contributed by atoms with van der Waals surface area (Å²) in [6.07, 6.45) is 2.45. The number of unbranched alkanes of at least 4 members (excludes halogenated alkanes) is 1. The van der Waals surface area contributed by atoms with Crippen molar-refractivity contribution in [1.82, 2.24) is 4.57 Å². The van der Waals surface area contributed by atoms with Crippen LogP contribution in [-0.2, 0) is 41.9 Å². The molecule has 1 aromatic heterocycles. The van der Waals surface area contributed by atoms with Crippen molar-refractivity contribution in [3.05, 3.63) is 48.5 Å². The Bertz CT molecular complexity index is 1570. The van der Waals surface area contributed by atoms with Crippen LogP contribution in [0.2, 0.25) is 0 Å². The Labute approximate surface area is 317 Å². The molecule has 12 heteroatoms. The molecule has 0 amide bonds. The van der Waals surface area contributed by atoms with Crippen molar-refractivity contribution in [1.29, 1.82) is 0 Å². The molecule has 1 N–H and O–H groups in total.